The number of amides is 2. The number of aromatic nitrogens is 4. The van der Waals surface area contributed by atoms with E-state index in [9.17, 15) is 19.2 Å². The van der Waals surface area contributed by atoms with E-state index in [2.05, 4.69) is 10.3 Å². The van der Waals surface area contributed by atoms with E-state index in [1.54, 1.807) is 29.2 Å². The lowest BCUT2D eigenvalue weighted by Crippen LogP contribution is -2.37. The van der Waals surface area contributed by atoms with Gasteiger partial charge in [-0.2, -0.15) is 0 Å². The first-order valence-electron chi connectivity index (χ1n) is 9.58. The van der Waals surface area contributed by atoms with E-state index < -0.39 is 11.2 Å². The van der Waals surface area contributed by atoms with Gasteiger partial charge in [0.15, 0.2) is 11.2 Å². The topological polar surface area (TPSA) is 111 Å². The van der Waals surface area contributed by atoms with Crippen LogP contribution >= 0.6 is 0 Å². The van der Waals surface area contributed by atoms with Crippen molar-refractivity contribution in [1.29, 1.82) is 0 Å². The van der Waals surface area contributed by atoms with Gasteiger partial charge in [-0.1, -0.05) is 0 Å². The Kier molecular flexibility index (Phi) is 5.86. The number of hydrogen-bond donors (Lipinski definition) is 1. The highest BCUT2D eigenvalue weighted by Crippen LogP contribution is 2.12. The van der Waals surface area contributed by atoms with Crippen molar-refractivity contribution in [2.75, 3.05) is 18.4 Å². The molecule has 0 unspecified atom stereocenters. The number of anilines is 1. The maximum absolute atomic E-state index is 12.5. The normalized spacial score (nSPS) is 10.9. The van der Waals surface area contributed by atoms with Crippen molar-refractivity contribution < 1.29 is 9.59 Å². The van der Waals surface area contributed by atoms with Crippen LogP contribution in [0.25, 0.3) is 11.2 Å². The lowest BCUT2D eigenvalue weighted by Gasteiger charge is -2.18. The summed E-state index contributed by atoms with van der Waals surface area (Å²) in [6, 6.07) is 6.63. The first-order valence-corrected chi connectivity index (χ1v) is 9.58. The summed E-state index contributed by atoms with van der Waals surface area (Å²) >= 11 is 0. The van der Waals surface area contributed by atoms with Crippen molar-refractivity contribution in [1.82, 2.24) is 23.6 Å². The molecule has 3 aromatic rings. The second-order valence-electron chi connectivity index (χ2n) is 6.85. The van der Waals surface area contributed by atoms with Crippen molar-refractivity contribution in [2.24, 2.45) is 14.1 Å². The Morgan fingerprint density at radius 3 is 2.27 bits per heavy atom. The number of aryl methyl sites for hydroxylation is 1. The van der Waals surface area contributed by atoms with E-state index in [0.29, 0.717) is 24.3 Å². The largest absolute Gasteiger partial charge is 0.339 e. The van der Waals surface area contributed by atoms with Crippen LogP contribution in [0.5, 0.6) is 0 Å². The zero-order valence-corrected chi connectivity index (χ0v) is 17.4. The molecule has 1 aromatic carbocycles. The zero-order chi connectivity index (χ0) is 22.0. The van der Waals surface area contributed by atoms with Gasteiger partial charge in [-0.05, 0) is 38.1 Å². The van der Waals surface area contributed by atoms with Gasteiger partial charge in [-0.25, -0.2) is 9.78 Å². The standard InChI is InChI=1S/C20H24N6O4/c1-5-25(6-2)18(28)13-7-9-14(10-8-13)22-15(27)11-26-12-21-17-16(26)19(29)24(4)20(30)23(17)3/h7-10,12H,5-6,11H2,1-4H3,(H,22,27). The lowest BCUT2D eigenvalue weighted by atomic mass is 10.1. The summed E-state index contributed by atoms with van der Waals surface area (Å²) in [5, 5.41) is 2.74. The van der Waals surface area contributed by atoms with Crippen molar-refractivity contribution in [3.63, 3.8) is 0 Å². The van der Waals surface area contributed by atoms with Crippen molar-refractivity contribution in [3.8, 4) is 0 Å². The molecule has 0 bridgehead atoms. The van der Waals surface area contributed by atoms with Gasteiger partial charge >= 0.3 is 5.69 Å². The van der Waals surface area contributed by atoms with Crippen LogP contribution in [0, 0.1) is 0 Å². The number of hydrogen-bond acceptors (Lipinski definition) is 5. The van der Waals surface area contributed by atoms with Gasteiger partial charge in [0.05, 0.1) is 6.33 Å². The number of carbonyl (C=O) groups excluding carboxylic acids is 2. The molecule has 30 heavy (non-hydrogen) atoms. The lowest BCUT2D eigenvalue weighted by molar-refractivity contribution is -0.116. The van der Waals surface area contributed by atoms with E-state index in [1.807, 2.05) is 13.8 Å². The Balaban J connectivity index is 1.78. The van der Waals surface area contributed by atoms with Crippen LogP contribution in [0.15, 0.2) is 40.2 Å². The minimum atomic E-state index is -0.516. The average molecular weight is 412 g/mol. The molecule has 3 rings (SSSR count). The smallest absolute Gasteiger partial charge is 0.332 e. The summed E-state index contributed by atoms with van der Waals surface area (Å²) in [5.74, 6) is -0.433. The van der Waals surface area contributed by atoms with Gasteiger partial charge in [0.1, 0.15) is 6.54 Å². The summed E-state index contributed by atoms with van der Waals surface area (Å²) in [7, 11) is 2.89. The average Bonchev–Trinajstić information content (AvgIpc) is 3.15. The molecule has 0 aliphatic heterocycles. The molecule has 0 spiro atoms. The number of rotatable bonds is 6. The predicted octanol–water partition coefficient (Wildman–Crippen LogP) is 0.554. The molecule has 0 radical (unpaired) electrons. The summed E-state index contributed by atoms with van der Waals surface area (Å²) in [5.41, 5.74) is 0.465. The molecule has 0 aliphatic rings. The second-order valence-corrected chi connectivity index (χ2v) is 6.85. The fraction of sp³-hybridized carbons (Fsp3) is 0.350. The molecule has 2 amide bonds. The van der Waals surface area contributed by atoms with Crippen LogP contribution in [0.3, 0.4) is 0 Å². The molecule has 1 N–H and O–H groups in total. The molecule has 0 fully saturated rings. The van der Waals surface area contributed by atoms with E-state index in [1.165, 1.54) is 29.6 Å². The molecule has 0 saturated heterocycles. The fourth-order valence-electron chi connectivity index (χ4n) is 3.26. The van der Waals surface area contributed by atoms with Gasteiger partial charge in [-0.3, -0.25) is 23.5 Å². The summed E-state index contributed by atoms with van der Waals surface area (Å²) in [6.07, 6.45) is 1.36. The van der Waals surface area contributed by atoms with Gasteiger partial charge in [0.25, 0.3) is 11.5 Å². The molecule has 10 heteroatoms. The van der Waals surface area contributed by atoms with Crippen molar-refractivity contribution >= 4 is 28.7 Å². The summed E-state index contributed by atoms with van der Waals surface area (Å²) in [6.45, 7) is 4.93. The Bertz CT molecular complexity index is 1220. The van der Waals surface area contributed by atoms with Crippen LogP contribution in [0.4, 0.5) is 5.69 Å². The number of nitrogens with zero attached hydrogens (tertiary/aromatic N) is 5. The maximum atomic E-state index is 12.5. The third-order valence-electron chi connectivity index (χ3n) is 5.00. The summed E-state index contributed by atoms with van der Waals surface area (Å²) < 4.78 is 3.64. The maximum Gasteiger partial charge on any atom is 0.332 e. The molecule has 0 aliphatic carbocycles. The highest BCUT2D eigenvalue weighted by molar-refractivity contribution is 5.96. The first-order chi connectivity index (χ1) is 14.3. The Morgan fingerprint density at radius 1 is 1.03 bits per heavy atom. The van der Waals surface area contributed by atoms with Crippen LogP contribution in [0.1, 0.15) is 24.2 Å². The summed E-state index contributed by atoms with van der Waals surface area (Å²) in [4.78, 5) is 55.1. The zero-order valence-electron chi connectivity index (χ0n) is 17.4. The molecule has 0 saturated carbocycles. The Labute approximate surface area is 172 Å². The van der Waals surface area contributed by atoms with Gasteiger partial charge in [-0.15, -0.1) is 0 Å². The second kappa shape index (κ2) is 8.36. The Hall–Kier alpha value is -3.69. The fourth-order valence-corrected chi connectivity index (χ4v) is 3.26. The quantitative estimate of drug-likeness (QED) is 0.636. The predicted molar refractivity (Wildman–Crippen MR) is 113 cm³/mol. The molecule has 2 aromatic heterocycles. The SMILES string of the molecule is CCN(CC)C(=O)c1ccc(NC(=O)Cn2cnc3c2c(=O)n(C)c(=O)n3C)cc1. The van der Waals surface area contributed by atoms with Gasteiger partial charge in [0.2, 0.25) is 5.91 Å². The molecule has 158 valence electrons. The molecule has 10 nitrogen and oxygen atoms in total. The monoisotopic (exact) mass is 412 g/mol. The number of carbonyl (C=O) groups is 2. The van der Waals surface area contributed by atoms with Crippen molar-refractivity contribution in [3.05, 3.63) is 57.0 Å². The number of benzene rings is 1. The minimum absolute atomic E-state index is 0.0655. The minimum Gasteiger partial charge on any atom is -0.339 e. The number of fused-ring (bicyclic) bond motifs is 1. The molecule has 2 heterocycles. The highest BCUT2D eigenvalue weighted by atomic mass is 16.2. The molecular formula is C20H24N6O4. The molecule has 0 atom stereocenters. The van der Waals surface area contributed by atoms with Crippen molar-refractivity contribution in [2.45, 2.75) is 20.4 Å². The third-order valence-corrected chi connectivity index (χ3v) is 5.00. The van der Waals surface area contributed by atoms with Crippen LogP contribution in [-0.2, 0) is 25.4 Å². The van der Waals surface area contributed by atoms with E-state index in [0.717, 1.165) is 4.57 Å². The van der Waals surface area contributed by atoms with Crippen LogP contribution in [0.2, 0.25) is 0 Å². The Morgan fingerprint density at radius 2 is 1.67 bits per heavy atom. The number of nitrogens with one attached hydrogen (secondary N) is 1. The van der Waals surface area contributed by atoms with Crippen LogP contribution in [-0.4, -0.2) is 48.5 Å². The van der Waals surface area contributed by atoms with Gasteiger partial charge < -0.3 is 14.8 Å². The van der Waals surface area contributed by atoms with E-state index in [-0.39, 0.29) is 29.5 Å². The highest BCUT2D eigenvalue weighted by Gasteiger charge is 2.16. The number of imidazole rings is 1. The first kappa shape index (κ1) is 21.0. The third kappa shape index (κ3) is 3.76. The molecular weight excluding hydrogens is 388 g/mol. The van der Waals surface area contributed by atoms with Crippen LogP contribution < -0.4 is 16.6 Å². The van der Waals surface area contributed by atoms with E-state index >= 15 is 0 Å². The van der Waals surface area contributed by atoms with Gasteiger partial charge in [0, 0.05) is 38.4 Å². The van der Waals surface area contributed by atoms with E-state index in [4.69, 9.17) is 0 Å².